The Bertz CT molecular complexity index is 1200. The molecule has 0 aliphatic heterocycles. The van der Waals surface area contributed by atoms with Gasteiger partial charge in [0.15, 0.2) is 5.82 Å². The maximum atomic E-state index is 13.4. The van der Waals surface area contributed by atoms with Gasteiger partial charge in [-0.2, -0.15) is 5.21 Å². The van der Waals surface area contributed by atoms with Gasteiger partial charge in [0.2, 0.25) is 0 Å². The Morgan fingerprint density at radius 1 is 0.879 bits per heavy atom. The summed E-state index contributed by atoms with van der Waals surface area (Å²) < 4.78 is 0. The lowest BCUT2D eigenvalue weighted by Crippen LogP contribution is -2.25. The van der Waals surface area contributed by atoms with Crippen molar-refractivity contribution in [3.8, 4) is 11.1 Å². The van der Waals surface area contributed by atoms with Crippen molar-refractivity contribution in [1.29, 1.82) is 0 Å². The minimum atomic E-state index is -0.447. The first kappa shape index (κ1) is 22.6. The van der Waals surface area contributed by atoms with Gasteiger partial charge in [-0.3, -0.25) is 4.79 Å². The molecule has 33 heavy (non-hydrogen) atoms. The summed E-state index contributed by atoms with van der Waals surface area (Å²) in [6, 6.07) is 18.4. The molecule has 4 aromatic rings. The number of nitrogens with zero attached hydrogens (tertiary/aromatic N) is 4. The summed E-state index contributed by atoms with van der Waals surface area (Å²) in [5.74, 6) is 0.772. The number of rotatable bonds is 10. The highest BCUT2D eigenvalue weighted by molar-refractivity contribution is 5.64. The van der Waals surface area contributed by atoms with Gasteiger partial charge in [-0.25, -0.2) is 4.98 Å². The molecule has 7 nitrogen and oxygen atoms in total. The third kappa shape index (κ3) is 5.25. The normalized spacial score (nSPS) is 12.1. The van der Waals surface area contributed by atoms with Crippen molar-refractivity contribution in [3.05, 3.63) is 93.4 Å². The Kier molecular flexibility index (Phi) is 7.40. The highest BCUT2D eigenvalue weighted by Crippen LogP contribution is 2.31. The number of aromatic amines is 2. The Morgan fingerprint density at radius 3 is 2.24 bits per heavy atom. The summed E-state index contributed by atoms with van der Waals surface area (Å²) in [5.41, 5.74) is 4.50. The SMILES string of the molecule is CCCCc1nc(CCCC)c(C(c2ccc(-c3ccccc3)cc2)c2nn[nH]n2)c(=O)[nH]1. The van der Waals surface area contributed by atoms with Gasteiger partial charge in [0.25, 0.3) is 5.56 Å². The van der Waals surface area contributed by atoms with Crippen LogP contribution in [0.5, 0.6) is 0 Å². The third-order valence-corrected chi connectivity index (χ3v) is 5.88. The molecule has 170 valence electrons. The van der Waals surface area contributed by atoms with E-state index in [1.807, 2.05) is 30.3 Å². The first-order valence-electron chi connectivity index (χ1n) is 11.7. The van der Waals surface area contributed by atoms with Gasteiger partial charge < -0.3 is 4.98 Å². The summed E-state index contributed by atoms with van der Waals surface area (Å²) in [7, 11) is 0. The lowest BCUT2D eigenvalue weighted by Gasteiger charge is -2.18. The highest BCUT2D eigenvalue weighted by atomic mass is 16.1. The fourth-order valence-corrected chi connectivity index (χ4v) is 4.11. The minimum Gasteiger partial charge on any atom is -0.310 e. The Morgan fingerprint density at radius 2 is 1.58 bits per heavy atom. The summed E-state index contributed by atoms with van der Waals surface area (Å²) in [5, 5.41) is 14.8. The fraction of sp³-hybridized carbons (Fsp3) is 0.346. The van der Waals surface area contributed by atoms with Crippen molar-refractivity contribution in [2.45, 2.75) is 58.3 Å². The fourth-order valence-electron chi connectivity index (χ4n) is 4.11. The molecule has 0 spiro atoms. The van der Waals surface area contributed by atoms with E-state index in [2.05, 4.69) is 63.7 Å². The van der Waals surface area contributed by atoms with Crippen LogP contribution in [-0.4, -0.2) is 30.6 Å². The van der Waals surface area contributed by atoms with Gasteiger partial charge in [0, 0.05) is 6.42 Å². The van der Waals surface area contributed by atoms with E-state index in [0.29, 0.717) is 11.4 Å². The molecule has 1 unspecified atom stereocenters. The van der Waals surface area contributed by atoms with Crippen molar-refractivity contribution < 1.29 is 0 Å². The molecule has 0 fully saturated rings. The smallest absolute Gasteiger partial charge is 0.255 e. The van der Waals surface area contributed by atoms with Gasteiger partial charge in [-0.1, -0.05) is 86.5 Å². The molecule has 0 amide bonds. The van der Waals surface area contributed by atoms with E-state index in [1.54, 1.807) is 0 Å². The van der Waals surface area contributed by atoms with E-state index in [0.717, 1.165) is 66.7 Å². The topological polar surface area (TPSA) is 100 Å². The first-order chi connectivity index (χ1) is 16.2. The molecule has 7 heteroatoms. The molecule has 2 N–H and O–H groups in total. The van der Waals surface area contributed by atoms with Crippen LogP contribution in [0.3, 0.4) is 0 Å². The van der Waals surface area contributed by atoms with E-state index < -0.39 is 5.92 Å². The number of hydrogen-bond donors (Lipinski definition) is 2. The quantitative estimate of drug-likeness (QED) is 0.367. The van der Waals surface area contributed by atoms with E-state index in [1.165, 1.54) is 0 Å². The number of hydrogen-bond acceptors (Lipinski definition) is 5. The molecule has 2 aromatic carbocycles. The zero-order chi connectivity index (χ0) is 23.0. The predicted octanol–water partition coefficient (Wildman–Crippen LogP) is 4.82. The molecule has 0 radical (unpaired) electrons. The zero-order valence-corrected chi connectivity index (χ0v) is 19.2. The molecule has 0 saturated carbocycles. The van der Waals surface area contributed by atoms with Crippen LogP contribution in [0, 0.1) is 0 Å². The van der Waals surface area contributed by atoms with Crippen LogP contribution in [0.25, 0.3) is 11.1 Å². The van der Waals surface area contributed by atoms with Crippen molar-refractivity contribution in [2.24, 2.45) is 0 Å². The number of benzene rings is 2. The number of nitrogens with one attached hydrogen (secondary N) is 2. The predicted molar refractivity (Wildman–Crippen MR) is 129 cm³/mol. The number of tetrazole rings is 1. The lowest BCUT2D eigenvalue weighted by atomic mass is 9.88. The second-order valence-corrected chi connectivity index (χ2v) is 8.27. The molecule has 2 heterocycles. The second-order valence-electron chi connectivity index (χ2n) is 8.27. The summed E-state index contributed by atoms with van der Waals surface area (Å²) in [4.78, 5) is 21.3. The standard InChI is InChI=1S/C26H30N6O/c1-3-5-12-21-24(26(33)28-22(27-21)13-6-4-2)23(25-29-31-32-30-25)20-16-14-19(15-17-20)18-10-8-7-9-11-18/h7-11,14-17,23H,3-6,12-13H2,1-2H3,(H,27,28,33)(H,29,30,31,32). The second kappa shape index (κ2) is 10.8. The van der Waals surface area contributed by atoms with Gasteiger partial charge in [-0.15, -0.1) is 10.2 Å². The molecule has 0 saturated heterocycles. The van der Waals surface area contributed by atoms with Crippen LogP contribution >= 0.6 is 0 Å². The van der Waals surface area contributed by atoms with E-state index in [4.69, 9.17) is 4.98 Å². The van der Waals surface area contributed by atoms with Crippen LogP contribution in [0.4, 0.5) is 0 Å². The largest absolute Gasteiger partial charge is 0.310 e. The maximum absolute atomic E-state index is 13.4. The highest BCUT2D eigenvalue weighted by Gasteiger charge is 2.28. The van der Waals surface area contributed by atoms with Gasteiger partial charge in [0.1, 0.15) is 5.82 Å². The number of H-pyrrole nitrogens is 2. The van der Waals surface area contributed by atoms with E-state index >= 15 is 0 Å². The van der Waals surface area contributed by atoms with Crippen molar-refractivity contribution >= 4 is 0 Å². The average Bonchev–Trinajstić information content (AvgIpc) is 3.38. The lowest BCUT2D eigenvalue weighted by molar-refractivity contribution is 0.697. The van der Waals surface area contributed by atoms with E-state index in [-0.39, 0.29) is 5.56 Å². The first-order valence-corrected chi connectivity index (χ1v) is 11.7. The van der Waals surface area contributed by atoms with Crippen LogP contribution in [-0.2, 0) is 12.8 Å². The summed E-state index contributed by atoms with van der Waals surface area (Å²) in [6.07, 6.45) is 5.54. The molecular formula is C26H30N6O. The van der Waals surface area contributed by atoms with Crippen molar-refractivity contribution in [2.75, 3.05) is 0 Å². The molecule has 0 aliphatic rings. The maximum Gasteiger partial charge on any atom is 0.255 e. The zero-order valence-electron chi connectivity index (χ0n) is 19.2. The summed E-state index contributed by atoms with van der Waals surface area (Å²) >= 11 is 0. The summed E-state index contributed by atoms with van der Waals surface area (Å²) in [6.45, 7) is 4.28. The third-order valence-electron chi connectivity index (χ3n) is 5.88. The van der Waals surface area contributed by atoms with Crippen molar-refractivity contribution in [1.82, 2.24) is 30.6 Å². The number of unbranched alkanes of at least 4 members (excludes halogenated alkanes) is 2. The minimum absolute atomic E-state index is 0.121. The van der Waals surface area contributed by atoms with E-state index in [9.17, 15) is 4.79 Å². The molecule has 2 aromatic heterocycles. The van der Waals surface area contributed by atoms with Gasteiger partial charge >= 0.3 is 0 Å². The van der Waals surface area contributed by atoms with Gasteiger partial charge in [-0.05, 0) is 36.0 Å². The van der Waals surface area contributed by atoms with Crippen LogP contribution < -0.4 is 5.56 Å². The van der Waals surface area contributed by atoms with Gasteiger partial charge in [0.05, 0.1) is 17.2 Å². The van der Waals surface area contributed by atoms with Crippen LogP contribution in [0.1, 0.15) is 73.9 Å². The van der Waals surface area contributed by atoms with Crippen LogP contribution in [0.15, 0.2) is 59.4 Å². The van der Waals surface area contributed by atoms with Crippen LogP contribution in [0.2, 0.25) is 0 Å². The molecular weight excluding hydrogens is 412 g/mol. The molecule has 4 rings (SSSR count). The Balaban J connectivity index is 1.80. The number of aryl methyl sites for hydroxylation is 2. The Hall–Kier alpha value is -3.61. The Labute approximate surface area is 193 Å². The molecule has 0 bridgehead atoms. The number of aromatic nitrogens is 6. The molecule has 0 aliphatic carbocycles. The molecule has 1 atom stereocenters. The monoisotopic (exact) mass is 442 g/mol. The average molecular weight is 443 g/mol. The van der Waals surface area contributed by atoms with Crippen molar-refractivity contribution in [3.63, 3.8) is 0 Å².